The molecule has 0 aliphatic carbocycles. The van der Waals surface area contributed by atoms with Gasteiger partial charge < -0.3 is 9.47 Å². The van der Waals surface area contributed by atoms with Crippen molar-refractivity contribution in [3.05, 3.63) is 67.0 Å². The van der Waals surface area contributed by atoms with Crippen molar-refractivity contribution in [2.75, 3.05) is 14.2 Å². The molecule has 4 aromatic rings. The standard InChI is InChI=1S/C20H17N3O2/c1-24-16-9-7-14(8-10-16)15-12-21-20-11-18(22-23(20)13-15)17-5-3-4-6-19(17)25-2/h3-13H,1-2H3. The van der Waals surface area contributed by atoms with Gasteiger partial charge in [-0.2, -0.15) is 5.10 Å². The van der Waals surface area contributed by atoms with Gasteiger partial charge in [-0.15, -0.1) is 0 Å². The van der Waals surface area contributed by atoms with Crippen molar-refractivity contribution < 1.29 is 9.47 Å². The molecule has 0 spiro atoms. The summed E-state index contributed by atoms with van der Waals surface area (Å²) in [7, 11) is 3.32. The molecule has 0 fully saturated rings. The SMILES string of the molecule is COc1ccc(-c2cnc3cc(-c4ccccc4OC)nn3c2)cc1. The van der Waals surface area contributed by atoms with Gasteiger partial charge in [-0.1, -0.05) is 24.3 Å². The van der Waals surface area contributed by atoms with Gasteiger partial charge in [-0.25, -0.2) is 9.50 Å². The summed E-state index contributed by atoms with van der Waals surface area (Å²) in [5.41, 5.74) is 4.62. The fourth-order valence-electron chi connectivity index (χ4n) is 2.80. The van der Waals surface area contributed by atoms with Gasteiger partial charge >= 0.3 is 0 Å². The van der Waals surface area contributed by atoms with Gasteiger partial charge in [-0.05, 0) is 29.8 Å². The first-order chi connectivity index (χ1) is 12.3. The van der Waals surface area contributed by atoms with Gasteiger partial charge in [0.05, 0.1) is 19.9 Å². The van der Waals surface area contributed by atoms with Crippen molar-refractivity contribution in [2.24, 2.45) is 0 Å². The maximum absolute atomic E-state index is 5.43. The summed E-state index contributed by atoms with van der Waals surface area (Å²) in [6.07, 6.45) is 3.83. The Bertz CT molecular complexity index is 1020. The predicted molar refractivity (Wildman–Crippen MR) is 97.0 cm³/mol. The van der Waals surface area contributed by atoms with E-state index in [2.05, 4.69) is 10.1 Å². The van der Waals surface area contributed by atoms with E-state index in [4.69, 9.17) is 9.47 Å². The first-order valence-electron chi connectivity index (χ1n) is 7.92. The molecular formula is C20H17N3O2. The Morgan fingerprint density at radius 1 is 0.880 bits per heavy atom. The summed E-state index contributed by atoms with van der Waals surface area (Å²) in [6.45, 7) is 0. The zero-order chi connectivity index (χ0) is 17.2. The first-order valence-corrected chi connectivity index (χ1v) is 7.92. The van der Waals surface area contributed by atoms with E-state index in [-0.39, 0.29) is 0 Å². The normalized spacial score (nSPS) is 10.8. The van der Waals surface area contributed by atoms with Crippen LogP contribution >= 0.6 is 0 Å². The van der Waals surface area contributed by atoms with E-state index in [1.807, 2.05) is 67.0 Å². The van der Waals surface area contributed by atoms with Crippen molar-refractivity contribution in [1.82, 2.24) is 14.6 Å². The van der Waals surface area contributed by atoms with Gasteiger partial charge in [0, 0.05) is 29.6 Å². The molecule has 0 bridgehead atoms. The van der Waals surface area contributed by atoms with E-state index in [1.165, 1.54) is 0 Å². The zero-order valence-electron chi connectivity index (χ0n) is 14.0. The zero-order valence-corrected chi connectivity index (χ0v) is 14.0. The Hall–Kier alpha value is -3.34. The van der Waals surface area contributed by atoms with E-state index >= 15 is 0 Å². The van der Waals surface area contributed by atoms with Gasteiger partial charge in [0.15, 0.2) is 5.65 Å². The number of hydrogen-bond acceptors (Lipinski definition) is 4. The smallest absolute Gasteiger partial charge is 0.155 e. The fraction of sp³-hybridized carbons (Fsp3) is 0.100. The molecule has 0 N–H and O–H groups in total. The van der Waals surface area contributed by atoms with E-state index in [0.29, 0.717) is 0 Å². The number of benzene rings is 2. The molecule has 0 saturated heterocycles. The number of rotatable bonds is 4. The number of ether oxygens (including phenoxy) is 2. The summed E-state index contributed by atoms with van der Waals surface area (Å²) in [4.78, 5) is 4.53. The van der Waals surface area contributed by atoms with E-state index in [9.17, 15) is 0 Å². The number of para-hydroxylation sites is 1. The third-order valence-corrected chi connectivity index (χ3v) is 4.12. The van der Waals surface area contributed by atoms with E-state index < -0.39 is 0 Å². The second-order valence-corrected chi connectivity index (χ2v) is 5.60. The van der Waals surface area contributed by atoms with Crippen molar-refractivity contribution >= 4 is 5.65 Å². The van der Waals surface area contributed by atoms with Crippen molar-refractivity contribution in [2.45, 2.75) is 0 Å². The molecule has 0 radical (unpaired) electrons. The van der Waals surface area contributed by atoms with Crippen LogP contribution in [0.4, 0.5) is 0 Å². The molecule has 0 aliphatic rings. The molecule has 5 nitrogen and oxygen atoms in total. The van der Waals surface area contributed by atoms with Crippen molar-refractivity contribution in [3.8, 4) is 33.9 Å². The highest BCUT2D eigenvalue weighted by atomic mass is 16.5. The lowest BCUT2D eigenvalue weighted by atomic mass is 10.1. The topological polar surface area (TPSA) is 48.7 Å². The molecule has 0 saturated carbocycles. The van der Waals surface area contributed by atoms with Gasteiger partial charge in [-0.3, -0.25) is 0 Å². The molecule has 0 atom stereocenters. The van der Waals surface area contributed by atoms with Crippen LogP contribution in [0, 0.1) is 0 Å². The third-order valence-electron chi connectivity index (χ3n) is 4.12. The van der Waals surface area contributed by atoms with Crippen LogP contribution in [-0.4, -0.2) is 28.8 Å². The molecule has 5 heteroatoms. The number of fused-ring (bicyclic) bond motifs is 1. The van der Waals surface area contributed by atoms with Gasteiger partial charge in [0.1, 0.15) is 11.5 Å². The van der Waals surface area contributed by atoms with Crippen LogP contribution < -0.4 is 9.47 Å². The summed E-state index contributed by atoms with van der Waals surface area (Å²) >= 11 is 0. The van der Waals surface area contributed by atoms with Crippen LogP contribution in [0.25, 0.3) is 28.0 Å². The van der Waals surface area contributed by atoms with Gasteiger partial charge in [0.25, 0.3) is 0 Å². The average molecular weight is 331 g/mol. The molecule has 0 unspecified atom stereocenters. The number of nitrogens with zero attached hydrogens (tertiary/aromatic N) is 3. The molecule has 4 rings (SSSR count). The summed E-state index contributed by atoms with van der Waals surface area (Å²) < 4.78 is 12.4. The van der Waals surface area contributed by atoms with Crippen molar-refractivity contribution in [1.29, 1.82) is 0 Å². The fourth-order valence-corrected chi connectivity index (χ4v) is 2.80. The van der Waals surface area contributed by atoms with E-state index in [0.717, 1.165) is 39.5 Å². The first kappa shape index (κ1) is 15.2. The second kappa shape index (κ2) is 6.28. The van der Waals surface area contributed by atoms with Crippen LogP contribution in [0.3, 0.4) is 0 Å². The molecule has 2 aromatic heterocycles. The minimum absolute atomic E-state index is 0.790. The summed E-state index contributed by atoms with van der Waals surface area (Å²) in [6, 6.07) is 17.7. The average Bonchev–Trinajstić information content (AvgIpc) is 3.11. The molecule has 25 heavy (non-hydrogen) atoms. The largest absolute Gasteiger partial charge is 0.497 e. The Labute approximate surface area is 145 Å². The van der Waals surface area contributed by atoms with Crippen molar-refractivity contribution in [3.63, 3.8) is 0 Å². The minimum atomic E-state index is 0.790. The highest BCUT2D eigenvalue weighted by molar-refractivity contribution is 5.71. The lowest BCUT2D eigenvalue weighted by molar-refractivity contribution is 0.415. The maximum Gasteiger partial charge on any atom is 0.155 e. The van der Waals surface area contributed by atoms with Crippen LogP contribution in [0.1, 0.15) is 0 Å². The Kier molecular flexibility index (Phi) is 3.82. The second-order valence-electron chi connectivity index (χ2n) is 5.60. The Morgan fingerprint density at radius 2 is 1.68 bits per heavy atom. The van der Waals surface area contributed by atoms with Crippen LogP contribution in [0.5, 0.6) is 11.5 Å². The number of hydrogen-bond donors (Lipinski definition) is 0. The highest BCUT2D eigenvalue weighted by Crippen LogP contribution is 2.29. The Balaban J connectivity index is 1.76. The molecule has 124 valence electrons. The van der Waals surface area contributed by atoms with Crippen LogP contribution in [0.2, 0.25) is 0 Å². The van der Waals surface area contributed by atoms with Crippen LogP contribution in [0.15, 0.2) is 67.0 Å². The molecule has 0 amide bonds. The monoisotopic (exact) mass is 331 g/mol. The molecular weight excluding hydrogens is 314 g/mol. The number of aromatic nitrogens is 3. The maximum atomic E-state index is 5.43. The molecule has 2 heterocycles. The highest BCUT2D eigenvalue weighted by Gasteiger charge is 2.11. The van der Waals surface area contributed by atoms with Crippen LogP contribution in [-0.2, 0) is 0 Å². The third kappa shape index (κ3) is 2.80. The summed E-state index contributed by atoms with van der Waals surface area (Å²) in [5.74, 6) is 1.62. The number of methoxy groups -OCH3 is 2. The lowest BCUT2D eigenvalue weighted by Crippen LogP contribution is -1.92. The Morgan fingerprint density at radius 3 is 2.44 bits per heavy atom. The lowest BCUT2D eigenvalue weighted by Gasteiger charge is -2.04. The summed E-state index contributed by atoms with van der Waals surface area (Å²) in [5, 5.41) is 4.66. The van der Waals surface area contributed by atoms with E-state index in [1.54, 1.807) is 18.7 Å². The van der Waals surface area contributed by atoms with Gasteiger partial charge in [0.2, 0.25) is 0 Å². The molecule has 2 aromatic carbocycles. The minimum Gasteiger partial charge on any atom is -0.497 e. The predicted octanol–water partition coefficient (Wildman–Crippen LogP) is 4.08. The quantitative estimate of drug-likeness (QED) is 0.565. The molecule has 0 aliphatic heterocycles.